The highest BCUT2D eigenvalue weighted by Gasteiger charge is 2.20. The van der Waals surface area contributed by atoms with Gasteiger partial charge in [-0.05, 0) is 24.3 Å². The fraction of sp³-hybridized carbons (Fsp3) is 0.333. The van der Waals surface area contributed by atoms with Crippen molar-refractivity contribution in [2.24, 2.45) is 5.10 Å². The molecule has 0 fully saturated rings. The van der Waals surface area contributed by atoms with Crippen LogP contribution in [0.15, 0.2) is 29.4 Å². The molecule has 0 unspecified atom stereocenters. The smallest absolute Gasteiger partial charge is 0.355 e. The zero-order valence-corrected chi connectivity index (χ0v) is 13.0. The van der Waals surface area contributed by atoms with Crippen LogP contribution in [0.25, 0.3) is 0 Å². The van der Waals surface area contributed by atoms with Gasteiger partial charge in [0.25, 0.3) is 5.91 Å². The molecule has 23 heavy (non-hydrogen) atoms. The number of nitrogens with one attached hydrogen (secondary N) is 2. The lowest BCUT2D eigenvalue weighted by atomic mass is 10.2. The number of benzene rings is 1. The summed E-state index contributed by atoms with van der Waals surface area (Å²) in [4.78, 5) is 36.3. The van der Waals surface area contributed by atoms with Gasteiger partial charge in [0.1, 0.15) is 5.71 Å². The lowest BCUT2D eigenvalue weighted by Gasteiger charge is -2.13. The lowest BCUT2D eigenvalue weighted by Crippen LogP contribution is -2.32. The van der Waals surface area contributed by atoms with Crippen molar-refractivity contribution in [3.05, 3.63) is 24.3 Å². The normalized spacial score (nSPS) is 13.7. The van der Waals surface area contributed by atoms with E-state index >= 15 is 0 Å². The fourth-order valence-corrected chi connectivity index (χ4v) is 1.88. The summed E-state index contributed by atoms with van der Waals surface area (Å²) < 4.78 is 4.87. The number of carbonyl (C=O) groups is 3. The molecule has 2 amide bonds. The van der Waals surface area contributed by atoms with Gasteiger partial charge in [0.05, 0.1) is 0 Å². The van der Waals surface area contributed by atoms with E-state index in [1.54, 1.807) is 12.1 Å². The molecule has 1 aromatic carbocycles. The van der Waals surface area contributed by atoms with Crippen LogP contribution in [0, 0.1) is 0 Å². The third-order valence-electron chi connectivity index (χ3n) is 3.14. The minimum absolute atomic E-state index is 0.104. The molecule has 0 aliphatic carbocycles. The molecular formula is C15H18N4O4. The zero-order chi connectivity index (χ0) is 16.8. The van der Waals surface area contributed by atoms with Crippen LogP contribution in [-0.2, 0) is 19.1 Å². The minimum Gasteiger partial charge on any atom is -0.451 e. The summed E-state index contributed by atoms with van der Waals surface area (Å²) in [5, 5.41) is 6.23. The van der Waals surface area contributed by atoms with Crippen molar-refractivity contribution in [2.45, 2.75) is 12.8 Å². The minimum atomic E-state index is -0.705. The number of esters is 1. The summed E-state index contributed by atoms with van der Waals surface area (Å²) in [6, 6.07) is 7.24. The van der Waals surface area contributed by atoms with Crippen LogP contribution in [0.1, 0.15) is 12.8 Å². The molecule has 0 atom stereocenters. The van der Waals surface area contributed by atoms with Crippen LogP contribution in [0.5, 0.6) is 0 Å². The van der Waals surface area contributed by atoms with Crippen LogP contribution < -0.4 is 15.6 Å². The van der Waals surface area contributed by atoms with E-state index in [9.17, 15) is 14.4 Å². The van der Waals surface area contributed by atoms with E-state index in [-0.39, 0.29) is 24.5 Å². The molecule has 122 valence electrons. The fourth-order valence-electron chi connectivity index (χ4n) is 1.88. The number of amides is 2. The van der Waals surface area contributed by atoms with Gasteiger partial charge in [-0.3, -0.25) is 9.59 Å². The van der Waals surface area contributed by atoms with Crippen LogP contribution >= 0.6 is 0 Å². The van der Waals surface area contributed by atoms with Gasteiger partial charge in [0, 0.05) is 38.3 Å². The van der Waals surface area contributed by atoms with Crippen LogP contribution in [0.3, 0.4) is 0 Å². The van der Waals surface area contributed by atoms with Crippen LogP contribution in [0.4, 0.5) is 11.4 Å². The number of hydrazone groups is 1. The molecule has 0 spiro atoms. The van der Waals surface area contributed by atoms with E-state index in [2.05, 4.69) is 15.8 Å². The van der Waals surface area contributed by atoms with E-state index in [1.165, 1.54) is 0 Å². The first kappa shape index (κ1) is 16.5. The number of ether oxygens (including phenoxy) is 1. The summed E-state index contributed by atoms with van der Waals surface area (Å²) in [5.41, 5.74) is 3.92. The second-order valence-electron chi connectivity index (χ2n) is 5.16. The third-order valence-corrected chi connectivity index (χ3v) is 3.14. The molecule has 0 bridgehead atoms. The number of hydrogen-bond donors (Lipinski definition) is 2. The second kappa shape index (κ2) is 7.39. The molecule has 0 saturated carbocycles. The molecular weight excluding hydrogens is 300 g/mol. The van der Waals surface area contributed by atoms with Gasteiger partial charge in [0.2, 0.25) is 5.91 Å². The number of rotatable bonds is 5. The van der Waals surface area contributed by atoms with Crippen molar-refractivity contribution >= 4 is 34.9 Å². The molecule has 2 N–H and O–H groups in total. The highest BCUT2D eigenvalue weighted by molar-refractivity contribution is 6.37. The van der Waals surface area contributed by atoms with Gasteiger partial charge in [-0.2, -0.15) is 5.10 Å². The Kier molecular flexibility index (Phi) is 5.29. The SMILES string of the molecule is CN(C)c1ccc(NC(=O)COC(=O)C2=NNC(=O)CC2)cc1. The van der Waals surface area contributed by atoms with Crippen molar-refractivity contribution in [2.75, 3.05) is 30.9 Å². The van der Waals surface area contributed by atoms with E-state index in [0.717, 1.165) is 5.69 Å². The van der Waals surface area contributed by atoms with Gasteiger partial charge in [-0.25, -0.2) is 10.2 Å². The van der Waals surface area contributed by atoms with Gasteiger partial charge >= 0.3 is 5.97 Å². The molecule has 0 saturated heterocycles. The van der Waals surface area contributed by atoms with Gasteiger partial charge in [0.15, 0.2) is 6.61 Å². The first-order valence-corrected chi connectivity index (χ1v) is 7.05. The summed E-state index contributed by atoms with van der Waals surface area (Å²) in [6.45, 7) is -0.415. The highest BCUT2D eigenvalue weighted by atomic mass is 16.5. The first-order chi connectivity index (χ1) is 11.0. The largest absolute Gasteiger partial charge is 0.451 e. The number of carbonyl (C=O) groups excluding carboxylic acids is 3. The number of nitrogens with zero attached hydrogens (tertiary/aromatic N) is 2. The second-order valence-corrected chi connectivity index (χ2v) is 5.16. The molecule has 1 aliphatic heterocycles. The molecule has 8 nitrogen and oxygen atoms in total. The Hall–Kier alpha value is -2.90. The molecule has 1 aromatic rings. The van der Waals surface area contributed by atoms with Crippen molar-refractivity contribution < 1.29 is 19.1 Å². The van der Waals surface area contributed by atoms with E-state index < -0.39 is 18.5 Å². The highest BCUT2D eigenvalue weighted by Crippen LogP contribution is 2.15. The summed E-state index contributed by atoms with van der Waals surface area (Å²) in [7, 11) is 3.84. The van der Waals surface area contributed by atoms with Gasteiger partial charge in [-0.15, -0.1) is 0 Å². The maximum Gasteiger partial charge on any atom is 0.355 e. The van der Waals surface area contributed by atoms with Gasteiger partial charge < -0.3 is 15.0 Å². The van der Waals surface area contributed by atoms with Crippen molar-refractivity contribution in [3.8, 4) is 0 Å². The average molecular weight is 318 g/mol. The predicted molar refractivity (Wildman–Crippen MR) is 85.2 cm³/mol. The van der Waals surface area contributed by atoms with E-state index in [4.69, 9.17) is 4.74 Å². The Balaban J connectivity index is 1.80. The Labute approximate surface area is 133 Å². The Morgan fingerprint density at radius 1 is 1.26 bits per heavy atom. The Morgan fingerprint density at radius 3 is 2.52 bits per heavy atom. The molecule has 1 heterocycles. The van der Waals surface area contributed by atoms with Crippen LogP contribution in [-0.4, -0.2) is 44.2 Å². The standard InChI is InChI=1S/C15H18N4O4/c1-19(2)11-5-3-10(4-6-11)16-14(21)9-23-15(22)12-7-8-13(20)18-17-12/h3-6H,7-9H2,1-2H3,(H,16,21)(H,18,20). The van der Waals surface area contributed by atoms with Crippen LogP contribution in [0.2, 0.25) is 0 Å². The lowest BCUT2D eigenvalue weighted by molar-refractivity contribution is -0.140. The molecule has 2 rings (SSSR count). The molecule has 0 radical (unpaired) electrons. The Bertz CT molecular complexity index is 637. The predicted octanol–water partition coefficient (Wildman–Crippen LogP) is 0.500. The molecule has 8 heteroatoms. The maximum absolute atomic E-state index is 11.8. The van der Waals surface area contributed by atoms with Crippen molar-refractivity contribution in [1.29, 1.82) is 0 Å². The molecule has 0 aromatic heterocycles. The zero-order valence-electron chi connectivity index (χ0n) is 13.0. The summed E-state index contributed by atoms with van der Waals surface area (Å²) in [6.07, 6.45) is 0.386. The first-order valence-electron chi connectivity index (χ1n) is 7.05. The quantitative estimate of drug-likeness (QED) is 0.770. The maximum atomic E-state index is 11.8. The van der Waals surface area contributed by atoms with Crippen molar-refractivity contribution in [1.82, 2.24) is 5.43 Å². The summed E-state index contributed by atoms with van der Waals surface area (Å²) >= 11 is 0. The van der Waals surface area contributed by atoms with Gasteiger partial charge in [-0.1, -0.05) is 0 Å². The van der Waals surface area contributed by atoms with Crippen molar-refractivity contribution in [3.63, 3.8) is 0 Å². The van der Waals surface area contributed by atoms with E-state index in [0.29, 0.717) is 5.69 Å². The molecule has 1 aliphatic rings. The number of hydrogen-bond acceptors (Lipinski definition) is 6. The Morgan fingerprint density at radius 2 is 1.96 bits per heavy atom. The monoisotopic (exact) mass is 318 g/mol. The third kappa shape index (κ3) is 4.80. The summed E-state index contributed by atoms with van der Waals surface area (Å²) in [5.74, 6) is -1.40. The number of anilines is 2. The average Bonchev–Trinajstić information content (AvgIpc) is 2.54. The van der Waals surface area contributed by atoms with E-state index in [1.807, 2.05) is 31.1 Å². The topological polar surface area (TPSA) is 100 Å².